The molecule has 2 atom stereocenters. The second-order valence-corrected chi connectivity index (χ2v) is 4.48. The van der Waals surface area contributed by atoms with Gasteiger partial charge in [-0.25, -0.2) is 13.2 Å². The quantitative estimate of drug-likeness (QED) is 0.868. The van der Waals surface area contributed by atoms with Crippen molar-refractivity contribution in [2.75, 3.05) is 0 Å². The van der Waals surface area contributed by atoms with E-state index in [1.807, 2.05) is 0 Å². The normalized spacial score (nSPS) is 16.6. The highest BCUT2D eigenvalue weighted by Gasteiger charge is 2.48. The molecular weight excluding hydrogens is 301 g/mol. The smallest absolute Gasteiger partial charge is 0.274 e. The second-order valence-electron chi connectivity index (χ2n) is 3.63. The molecule has 0 saturated carbocycles. The fourth-order valence-corrected chi connectivity index (χ4v) is 1.73. The number of alkyl halides is 3. The molecule has 0 aliphatic heterocycles. The third-order valence-corrected chi connectivity index (χ3v) is 3.36. The van der Waals surface area contributed by atoms with E-state index in [4.69, 9.17) is 0 Å². The summed E-state index contributed by atoms with van der Waals surface area (Å²) in [5, 5.41) is 9.67. The summed E-state index contributed by atoms with van der Waals surface area (Å²) in [6.07, 6.45) is -6.42. The first-order chi connectivity index (χ1) is 7.83. The van der Waals surface area contributed by atoms with Crippen LogP contribution in [-0.2, 0) is 10.4 Å². The van der Waals surface area contributed by atoms with Crippen molar-refractivity contribution < 1.29 is 23.1 Å². The molecular formula is C11H10BrF3O2. The van der Waals surface area contributed by atoms with Crippen molar-refractivity contribution in [2.24, 2.45) is 0 Å². The van der Waals surface area contributed by atoms with Gasteiger partial charge < -0.3 is 5.11 Å². The fourth-order valence-electron chi connectivity index (χ4n) is 1.35. The molecule has 1 aromatic rings. The summed E-state index contributed by atoms with van der Waals surface area (Å²) >= 11 is 3.09. The predicted molar refractivity (Wildman–Crippen MR) is 59.7 cm³/mol. The van der Waals surface area contributed by atoms with Gasteiger partial charge in [-0.1, -0.05) is 28.1 Å². The molecule has 0 aliphatic carbocycles. The van der Waals surface area contributed by atoms with E-state index < -0.39 is 18.2 Å². The summed E-state index contributed by atoms with van der Waals surface area (Å²) in [5.41, 5.74) is -2.71. The minimum Gasteiger partial charge on any atom is -0.376 e. The molecule has 1 rings (SSSR count). The molecule has 1 N–H and O–H groups in total. The van der Waals surface area contributed by atoms with Crippen LogP contribution in [0.15, 0.2) is 22.7 Å². The number of carbonyl (C=O) groups excluding carboxylic acids is 1. The molecule has 6 heteroatoms. The Hall–Kier alpha value is -0.880. The number of aldehydes is 1. The largest absolute Gasteiger partial charge is 0.376 e. The number of halogens is 4. The maximum absolute atomic E-state index is 13.2. The summed E-state index contributed by atoms with van der Waals surface area (Å²) in [6.45, 7) is 1.71. The maximum Gasteiger partial charge on any atom is 0.274 e. The van der Waals surface area contributed by atoms with Crippen LogP contribution in [0.1, 0.15) is 11.1 Å². The third-order valence-electron chi connectivity index (χ3n) is 2.51. The average Bonchev–Trinajstić information content (AvgIpc) is 2.30. The maximum atomic E-state index is 13.2. The second kappa shape index (κ2) is 5.18. The highest BCUT2D eigenvalue weighted by Crippen LogP contribution is 2.35. The fraction of sp³-hybridized carbons (Fsp3) is 0.364. The van der Waals surface area contributed by atoms with E-state index in [1.165, 1.54) is 18.2 Å². The minimum absolute atomic E-state index is 0.333. The minimum atomic E-state index is -3.41. The zero-order valence-corrected chi connectivity index (χ0v) is 10.4. The summed E-state index contributed by atoms with van der Waals surface area (Å²) in [6, 6.07) is 3.80. The van der Waals surface area contributed by atoms with Crippen LogP contribution >= 0.6 is 15.9 Å². The van der Waals surface area contributed by atoms with Crippen LogP contribution < -0.4 is 0 Å². The third kappa shape index (κ3) is 2.52. The van der Waals surface area contributed by atoms with Crippen molar-refractivity contribution in [3.05, 3.63) is 33.8 Å². The molecule has 0 bridgehead atoms. The number of benzene rings is 1. The zero-order valence-electron chi connectivity index (χ0n) is 8.83. The van der Waals surface area contributed by atoms with Gasteiger partial charge in [0.25, 0.3) is 6.43 Å². The van der Waals surface area contributed by atoms with Gasteiger partial charge in [-0.15, -0.1) is 0 Å². The summed E-state index contributed by atoms with van der Waals surface area (Å²) < 4.78 is 39.2. The van der Waals surface area contributed by atoms with Crippen LogP contribution in [0.4, 0.5) is 13.2 Å². The van der Waals surface area contributed by atoms with Crippen molar-refractivity contribution >= 4 is 22.2 Å². The van der Waals surface area contributed by atoms with E-state index in [1.54, 1.807) is 6.92 Å². The predicted octanol–water partition coefficient (Wildman–Crippen LogP) is 2.75. The Labute approximate surface area is 105 Å². The molecule has 94 valence electrons. The first kappa shape index (κ1) is 14.2. The highest BCUT2D eigenvalue weighted by atomic mass is 79.9. The zero-order chi connectivity index (χ0) is 13.2. The molecule has 0 radical (unpaired) electrons. The monoisotopic (exact) mass is 310 g/mol. The van der Waals surface area contributed by atoms with Crippen LogP contribution in [0.25, 0.3) is 0 Å². The lowest BCUT2D eigenvalue weighted by atomic mass is 9.89. The Morgan fingerprint density at radius 1 is 1.41 bits per heavy atom. The standard InChI is InChI=1S/C11H10BrF3O2/c1-6-2-3-7(4-8(6)12)11(17,10(14)15)9(13)5-16/h2-5,9-10,17H,1H3. The molecule has 0 heterocycles. The lowest BCUT2D eigenvalue weighted by Gasteiger charge is -2.28. The number of rotatable bonds is 4. The van der Waals surface area contributed by atoms with Crippen molar-refractivity contribution in [1.82, 2.24) is 0 Å². The molecule has 1 aromatic carbocycles. The van der Waals surface area contributed by atoms with Crippen LogP contribution in [0.2, 0.25) is 0 Å². The Morgan fingerprint density at radius 3 is 2.41 bits per heavy atom. The summed E-state index contributed by atoms with van der Waals surface area (Å²) in [7, 11) is 0. The van der Waals surface area contributed by atoms with Gasteiger partial charge in [0.1, 0.15) is 0 Å². The van der Waals surface area contributed by atoms with E-state index >= 15 is 0 Å². The van der Waals surface area contributed by atoms with E-state index in [9.17, 15) is 23.1 Å². The number of hydrogen-bond acceptors (Lipinski definition) is 2. The van der Waals surface area contributed by atoms with Gasteiger partial charge in [0.15, 0.2) is 18.1 Å². The van der Waals surface area contributed by atoms with E-state index in [0.29, 0.717) is 4.47 Å². The molecule has 2 nitrogen and oxygen atoms in total. The van der Waals surface area contributed by atoms with Crippen molar-refractivity contribution in [2.45, 2.75) is 25.1 Å². The Kier molecular flexibility index (Phi) is 4.32. The average molecular weight is 311 g/mol. The SMILES string of the molecule is Cc1ccc(C(O)(C(F)F)C(F)C=O)cc1Br. The van der Waals surface area contributed by atoms with Gasteiger partial charge in [-0.3, -0.25) is 4.79 Å². The van der Waals surface area contributed by atoms with Gasteiger partial charge >= 0.3 is 0 Å². The topological polar surface area (TPSA) is 37.3 Å². The number of aryl methyl sites for hydroxylation is 1. The molecule has 0 aliphatic rings. The molecule has 0 spiro atoms. The first-order valence-electron chi connectivity index (χ1n) is 4.70. The number of aliphatic hydroxyl groups is 1. The van der Waals surface area contributed by atoms with Crippen LogP contribution in [0.5, 0.6) is 0 Å². The van der Waals surface area contributed by atoms with E-state index in [-0.39, 0.29) is 11.8 Å². The molecule has 2 unspecified atom stereocenters. The van der Waals surface area contributed by atoms with Gasteiger partial charge in [-0.05, 0) is 24.1 Å². The Morgan fingerprint density at radius 2 is 2.00 bits per heavy atom. The van der Waals surface area contributed by atoms with E-state index in [2.05, 4.69) is 15.9 Å². The van der Waals surface area contributed by atoms with Crippen molar-refractivity contribution in [3.63, 3.8) is 0 Å². The Balaban J connectivity index is 3.32. The lowest BCUT2D eigenvalue weighted by Crippen LogP contribution is -2.44. The van der Waals surface area contributed by atoms with Gasteiger partial charge in [0.05, 0.1) is 0 Å². The summed E-state index contributed by atoms with van der Waals surface area (Å²) in [4.78, 5) is 10.3. The van der Waals surface area contributed by atoms with Crippen LogP contribution in [0.3, 0.4) is 0 Å². The molecule has 0 fully saturated rings. The van der Waals surface area contributed by atoms with Gasteiger partial charge in [0, 0.05) is 4.47 Å². The lowest BCUT2D eigenvalue weighted by molar-refractivity contribution is -0.154. The van der Waals surface area contributed by atoms with E-state index in [0.717, 1.165) is 5.56 Å². The van der Waals surface area contributed by atoms with Crippen molar-refractivity contribution in [3.8, 4) is 0 Å². The van der Waals surface area contributed by atoms with Crippen LogP contribution in [0, 0.1) is 6.92 Å². The first-order valence-corrected chi connectivity index (χ1v) is 5.49. The molecule has 17 heavy (non-hydrogen) atoms. The number of carbonyl (C=O) groups is 1. The number of hydrogen-bond donors (Lipinski definition) is 1. The Bertz CT molecular complexity index is 425. The highest BCUT2D eigenvalue weighted by molar-refractivity contribution is 9.10. The van der Waals surface area contributed by atoms with Crippen molar-refractivity contribution in [1.29, 1.82) is 0 Å². The van der Waals surface area contributed by atoms with Gasteiger partial charge in [-0.2, -0.15) is 0 Å². The molecule has 0 aromatic heterocycles. The van der Waals surface area contributed by atoms with Gasteiger partial charge in [0.2, 0.25) is 0 Å². The summed E-state index contributed by atoms with van der Waals surface area (Å²) in [5.74, 6) is 0. The molecule has 0 amide bonds. The van der Waals surface area contributed by atoms with Crippen LogP contribution in [-0.4, -0.2) is 24.0 Å². The molecule has 0 saturated heterocycles.